The van der Waals surface area contributed by atoms with Crippen molar-refractivity contribution in [3.63, 3.8) is 0 Å². The molecule has 0 aliphatic rings. The quantitative estimate of drug-likeness (QED) is 0.762. The van der Waals surface area contributed by atoms with Crippen LogP contribution in [0.15, 0.2) is 28.7 Å². The molecule has 5 heteroatoms. The standard InChI is InChI=1S/C16H19N3OS/c1-4-7-17-11(3)15-18-19-16(21-15)14-9-12-8-10(2)5-6-13(12)20-14/h5-6,8-9,11,17H,4,7H2,1-3H3. The third-order valence-corrected chi connectivity index (χ3v) is 4.51. The van der Waals surface area contributed by atoms with Crippen LogP contribution in [0, 0.1) is 6.92 Å². The van der Waals surface area contributed by atoms with E-state index in [4.69, 9.17) is 4.42 Å². The molecule has 1 aromatic carbocycles. The molecule has 0 saturated heterocycles. The Balaban J connectivity index is 1.87. The second-order valence-corrected chi connectivity index (χ2v) is 6.28. The number of rotatable bonds is 5. The molecule has 110 valence electrons. The van der Waals surface area contributed by atoms with Crippen molar-refractivity contribution in [1.29, 1.82) is 0 Å². The molecule has 1 N–H and O–H groups in total. The van der Waals surface area contributed by atoms with Crippen LogP contribution in [0.5, 0.6) is 0 Å². The number of hydrogen-bond donors (Lipinski definition) is 1. The third kappa shape index (κ3) is 2.99. The average molecular weight is 301 g/mol. The highest BCUT2D eigenvalue weighted by atomic mass is 32.1. The van der Waals surface area contributed by atoms with Gasteiger partial charge in [-0.05, 0) is 45.0 Å². The fourth-order valence-corrected chi connectivity index (χ4v) is 3.05. The molecule has 3 aromatic rings. The van der Waals surface area contributed by atoms with Crippen LogP contribution in [0.3, 0.4) is 0 Å². The van der Waals surface area contributed by atoms with Gasteiger partial charge in [0.05, 0.1) is 6.04 Å². The van der Waals surface area contributed by atoms with E-state index in [9.17, 15) is 0 Å². The van der Waals surface area contributed by atoms with Crippen LogP contribution in [0.25, 0.3) is 21.7 Å². The summed E-state index contributed by atoms with van der Waals surface area (Å²) >= 11 is 1.59. The first-order chi connectivity index (χ1) is 10.2. The van der Waals surface area contributed by atoms with Crippen molar-refractivity contribution in [2.24, 2.45) is 0 Å². The largest absolute Gasteiger partial charge is 0.453 e. The van der Waals surface area contributed by atoms with Crippen molar-refractivity contribution in [3.8, 4) is 10.8 Å². The Morgan fingerprint density at radius 2 is 2.14 bits per heavy atom. The number of furan rings is 1. The molecule has 0 aliphatic carbocycles. The first-order valence-electron chi connectivity index (χ1n) is 7.24. The van der Waals surface area contributed by atoms with E-state index in [1.54, 1.807) is 11.3 Å². The number of hydrogen-bond acceptors (Lipinski definition) is 5. The second-order valence-electron chi connectivity index (χ2n) is 5.27. The molecule has 0 fully saturated rings. The van der Waals surface area contributed by atoms with Gasteiger partial charge in [-0.3, -0.25) is 0 Å². The maximum Gasteiger partial charge on any atom is 0.183 e. The summed E-state index contributed by atoms with van der Waals surface area (Å²) in [5.74, 6) is 0.794. The molecule has 21 heavy (non-hydrogen) atoms. The van der Waals surface area contributed by atoms with Crippen LogP contribution in [-0.4, -0.2) is 16.7 Å². The molecule has 0 bridgehead atoms. The second kappa shape index (κ2) is 5.95. The number of aryl methyl sites for hydroxylation is 1. The van der Waals surface area contributed by atoms with Crippen molar-refractivity contribution in [3.05, 3.63) is 34.8 Å². The van der Waals surface area contributed by atoms with Crippen molar-refractivity contribution >= 4 is 22.3 Å². The number of benzene rings is 1. The zero-order valence-electron chi connectivity index (χ0n) is 12.5. The minimum Gasteiger partial charge on any atom is -0.453 e. The van der Waals surface area contributed by atoms with Crippen LogP contribution in [0.2, 0.25) is 0 Å². The van der Waals surface area contributed by atoms with E-state index >= 15 is 0 Å². The Morgan fingerprint density at radius 3 is 2.95 bits per heavy atom. The monoisotopic (exact) mass is 301 g/mol. The summed E-state index contributed by atoms with van der Waals surface area (Å²) in [6.07, 6.45) is 1.11. The third-order valence-electron chi connectivity index (χ3n) is 3.39. The van der Waals surface area contributed by atoms with Gasteiger partial charge in [-0.1, -0.05) is 29.9 Å². The van der Waals surface area contributed by atoms with Gasteiger partial charge in [0.2, 0.25) is 0 Å². The van der Waals surface area contributed by atoms with E-state index in [1.165, 1.54) is 5.56 Å². The fourth-order valence-electron chi connectivity index (χ4n) is 2.23. The summed E-state index contributed by atoms with van der Waals surface area (Å²) in [7, 11) is 0. The molecule has 0 amide bonds. The van der Waals surface area contributed by atoms with E-state index in [-0.39, 0.29) is 6.04 Å². The van der Waals surface area contributed by atoms with E-state index < -0.39 is 0 Å². The number of aromatic nitrogens is 2. The Kier molecular flexibility index (Phi) is 4.03. The number of nitrogens with one attached hydrogen (secondary N) is 1. The Hall–Kier alpha value is -1.72. The lowest BCUT2D eigenvalue weighted by Crippen LogP contribution is -2.18. The van der Waals surface area contributed by atoms with E-state index in [0.29, 0.717) is 0 Å². The lowest BCUT2D eigenvalue weighted by atomic mass is 10.2. The number of fused-ring (bicyclic) bond motifs is 1. The smallest absolute Gasteiger partial charge is 0.183 e. The first kappa shape index (κ1) is 14.2. The molecule has 3 rings (SSSR count). The lowest BCUT2D eigenvalue weighted by molar-refractivity contribution is 0.564. The molecule has 1 unspecified atom stereocenters. The van der Waals surface area contributed by atoms with Gasteiger partial charge in [0.25, 0.3) is 0 Å². The van der Waals surface area contributed by atoms with Gasteiger partial charge in [-0.15, -0.1) is 10.2 Å². The molecule has 0 aliphatic heterocycles. The molecular weight excluding hydrogens is 282 g/mol. The zero-order valence-corrected chi connectivity index (χ0v) is 13.3. The van der Waals surface area contributed by atoms with Crippen molar-refractivity contribution in [2.75, 3.05) is 6.54 Å². The first-order valence-corrected chi connectivity index (χ1v) is 8.06. The Bertz CT molecular complexity index is 747. The highest BCUT2D eigenvalue weighted by Crippen LogP contribution is 2.31. The van der Waals surface area contributed by atoms with Gasteiger partial charge in [0.15, 0.2) is 10.8 Å². The maximum absolute atomic E-state index is 5.87. The molecule has 0 spiro atoms. The predicted molar refractivity (Wildman–Crippen MR) is 86.6 cm³/mol. The molecular formula is C16H19N3OS. The fraction of sp³-hybridized carbons (Fsp3) is 0.375. The lowest BCUT2D eigenvalue weighted by Gasteiger charge is -2.08. The number of nitrogens with zero attached hydrogens (tertiary/aromatic N) is 2. The van der Waals surface area contributed by atoms with Crippen LogP contribution in [0.4, 0.5) is 0 Å². The van der Waals surface area contributed by atoms with Gasteiger partial charge in [0, 0.05) is 5.39 Å². The summed E-state index contributed by atoms with van der Waals surface area (Å²) in [6, 6.07) is 8.44. The van der Waals surface area contributed by atoms with Crippen molar-refractivity contribution in [1.82, 2.24) is 15.5 Å². The summed E-state index contributed by atoms with van der Waals surface area (Å²) in [4.78, 5) is 0. The topological polar surface area (TPSA) is 51.0 Å². The van der Waals surface area contributed by atoms with Gasteiger partial charge in [-0.25, -0.2) is 0 Å². The highest BCUT2D eigenvalue weighted by molar-refractivity contribution is 7.14. The average Bonchev–Trinajstić information content (AvgIpc) is 3.10. The minimum atomic E-state index is 0.225. The summed E-state index contributed by atoms with van der Waals surface area (Å²) in [5, 5.41) is 14.9. The molecule has 0 saturated carbocycles. The van der Waals surface area contributed by atoms with E-state index in [1.807, 2.05) is 12.1 Å². The molecule has 0 radical (unpaired) electrons. The van der Waals surface area contributed by atoms with Gasteiger partial charge >= 0.3 is 0 Å². The van der Waals surface area contributed by atoms with Gasteiger partial charge in [0.1, 0.15) is 10.6 Å². The van der Waals surface area contributed by atoms with Gasteiger partial charge < -0.3 is 9.73 Å². The maximum atomic E-state index is 5.87. The molecule has 2 heterocycles. The van der Waals surface area contributed by atoms with Crippen LogP contribution in [0.1, 0.15) is 36.9 Å². The van der Waals surface area contributed by atoms with Crippen LogP contribution >= 0.6 is 11.3 Å². The van der Waals surface area contributed by atoms with Crippen LogP contribution < -0.4 is 5.32 Å². The van der Waals surface area contributed by atoms with E-state index in [2.05, 4.69) is 48.4 Å². The summed E-state index contributed by atoms with van der Waals surface area (Å²) in [5.41, 5.74) is 2.12. The SMILES string of the molecule is CCCNC(C)c1nnc(-c2cc3cc(C)ccc3o2)s1. The van der Waals surface area contributed by atoms with Gasteiger partial charge in [-0.2, -0.15) is 0 Å². The van der Waals surface area contributed by atoms with E-state index in [0.717, 1.165) is 39.7 Å². The Labute approximate surface area is 128 Å². The normalized spacial score (nSPS) is 12.9. The molecule has 4 nitrogen and oxygen atoms in total. The van der Waals surface area contributed by atoms with Crippen molar-refractivity contribution in [2.45, 2.75) is 33.2 Å². The molecule has 1 atom stereocenters. The van der Waals surface area contributed by atoms with Crippen LogP contribution in [-0.2, 0) is 0 Å². The predicted octanol–water partition coefficient (Wildman–Crippen LogP) is 4.32. The highest BCUT2D eigenvalue weighted by Gasteiger charge is 2.15. The zero-order chi connectivity index (χ0) is 14.8. The van der Waals surface area contributed by atoms with Crippen molar-refractivity contribution < 1.29 is 4.42 Å². The molecule has 2 aromatic heterocycles. The summed E-state index contributed by atoms with van der Waals surface area (Å²) < 4.78 is 5.87. The Morgan fingerprint density at radius 1 is 1.29 bits per heavy atom. The minimum absolute atomic E-state index is 0.225. The summed E-state index contributed by atoms with van der Waals surface area (Å²) in [6.45, 7) is 7.33.